The molecular formula is C17H30N4O8. The largest absolute Gasteiger partial charge is 0.481 e. The SMILES string of the molecule is CC(NC(=O)C(CCC(=O)O)NC(=O)C(NC(=O)C(N)C(C)C)C(C)O)C(=O)O. The van der Waals surface area contributed by atoms with Crippen molar-refractivity contribution in [2.75, 3.05) is 0 Å². The van der Waals surface area contributed by atoms with Gasteiger partial charge in [0.05, 0.1) is 12.1 Å². The van der Waals surface area contributed by atoms with Crippen LogP contribution in [0.1, 0.15) is 40.5 Å². The molecule has 0 bridgehead atoms. The van der Waals surface area contributed by atoms with Gasteiger partial charge in [-0.15, -0.1) is 0 Å². The van der Waals surface area contributed by atoms with Crippen molar-refractivity contribution >= 4 is 29.7 Å². The second-order valence-electron chi connectivity index (χ2n) is 7.06. The summed E-state index contributed by atoms with van der Waals surface area (Å²) in [6.45, 7) is 5.82. The van der Waals surface area contributed by atoms with Crippen LogP contribution in [-0.4, -0.2) is 75.3 Å². The van der Waals surface area contributed by atoms with Crippen LogP contribution >= 0.6 is 0 Å². The number of aliphatic hydroxyl groups is 1. The van der Waals surface area contributed by atoms with Gasteiger partial charge < -0.3 is 37.0 Å². The molecule has 0 aromatic rings. The predicted molar refractivity (Wildman–Crippen MR) is 100 cm³/mol. The van der Waals surface area contributed by atoms with Gasteiger partial charge in [0.15, 0.2) is 0 Å². The van der Waals surface area contributed by atoms with Gasteiger partial charge in [0.25, 0.3) is 0 Å². The minimum Gasteiger partial charge on any atom is -0.481 e. The Labute approximate surface area is 168 Å². The van der Waals surface area contributed by atoms with Crippen LogP contribution in [0.3, 0.4) is 0 Å². The third kappa shape index (κ3) is 9.34. The average Bonchev–Trinajstić information content (AvgIpc) is 2.60. The minimum absolute atomic E-state index is 0.237. The average molecular weight is 418 g/mol. The molecule has 0 aliphatic rings. The highest BCUT2D eigenvalue weighted by atomic mass is 16.4. The maximum atomic E-state index is 12.5. The van der Waals surface area contributed by atoms with Gasteiger partial charge in [-0.1, -0.05) is 13.8 Å². The number of hydrogen-bond acceptors (Lipinski definition) is 7. The number of nitrogens with two attached hydrogens (primary N) is 1. The summed E-state index contributed by atoms with van der Waals surface area (Å²) in [6, 6.07) is -5.06. The van der Waals surface area contributed by atoms with Gasteiger partial charge in [-0.05, 0) is 26.2 Å². The summed E-state index contributed by atoms with van der Waals surface area (Å²) in [5.74, 6) is -5.33. The normalized spacial score (nSPS) is 16.1. The lowest BCUT2D eigenvalue weighted by Gasteiger charge is -2.26. The van der Waals surface area contributed by atoms with Gasteiger partial charge in [0, 0.05) is 6.42 Å². The number of aliphatic hydroxyl groups excluding tert-OH is 1. The number of carbonyl (C=O) groups excluding carboxylic acids is 3. The molecule has 0 aromatic heterocycles. The summed E-state index contributed by atoms with van der Waals surface area (Å²) in [7, 11) is 0. The van der Waals surface area contributed by atoms with Crippen molar-refractivity contribution in [1.82, 2.24) is 16.0 Å². The first-order valence-corrected chi connectivity index (χ1v) is 9.07. The van der Waals surface area contributed by atoms with Crippen LogP contribution in [-0.2, 0) is 24.0 Å². The molecule has 166 valence electrons. The number of rotatable bonds is 12. The van der Waals surface area contributed by atoms with E-state index in [1.165, 1.54) is 13.8 Å². The van der Waals surface area contributed by atoms with E-state index >= 15 is 0 Å². The van der Waals surface area contributed by atoms with E-state index in [4.69, 9.17) is 15.9 Å². The van der Waals surface area contributed by atoms with Crippen molar-refractivity contribution in [2.24, 2.45) is 11.7 Å². The number of carbonyl (C=O) groups is 5. The molecule has 0 aliphatic heterocycles. The van der Waals surface area contributed by atoms with Gasteiger partial charge in [-0.2, -0.15) is 0 Å². The highest BCUT2D eigenvalue weighted by Gasteiger charge is 2.32. The Morgan fingerprint density at radius 1 is 0.862 bits per heavy atom. The molecule has 12 heteroatoms. The van der Waals surface area contributed by atoms with Crippen LogP contribution in [0.4, 0.5) is 0 Å². The zero-order valence-corrected chi connectivity index (χ0v) is 16.8. The number of amides is 3. The van der Waals surface area contributed by atoms with Crippen molar-refractivity contribution < 1.29 is 39.3 Å². The fourth-order valence-corrected chi connectivity index (χ4v) is 2.13. The van der Waals surface area contributed by atoms with Gasteiger partial charge in [-0.3, -0.25) is 24.0 Å². The monoisotopic (exact) mass is 418 g/mol. The van der Waals surface area contributed by atoms with E-state index in [-0.39, 0.29) is 12.3 Å². The van der Waals surface area contributed by atoms with Gasteiger partial charge in [0.1, 0.15) is 18.1 Å². The summed E-state index contributed by atoms with van der Waals surface area (Å²) in [5, 5.41) is 34.2. The second kappa shape index (κ2) is 12.0. The smallest absolute Gasteiger partial charge is 0.325 e. The zero-order chi connectivity index (χ0) is 22.9. The molecule has 0 spiro atoms. The zero-order valence-electron chi connectivity index (χ0n) is 16.8. The summed E-state index contributed by atoms with van der Waals surface area (Å²) < 4.78 is 0. The first-order valence-electron chi connectivity index (χ1n) is 9.07. The van der Waals surface area contributed by atoms with E-state index in [2.05, 4.69) is 16.0 Å². The van der Waals surface area contributed by atoms with Crippen LogP contribution in [0.5, 0.6) is 0 Å². The summed E-state index contributed by atoms with van der Waals surface area (Å²) in [6.07, 6.45) is -2.16. The fraction of sp³-hybridized carbons (Fsp3) is 0.706. The van der Waals surface area contributed by atoms with Crippen LogP contribution < -0.4 is 21.7 Å². The number of carboxylic acid groups (broad SMARTS) is 2. The molecule has 8 N–H and O–H groups in total. The standard InChI is InChI=1S/C17H30N4O8/c1-7(2)12(18)15(26)21-13(9(4)22)16(27)20-10(5-6-11(23)24)14(25)19-8(3)17(28)29/h7-10,12-13,22H,5-6,18H2,1-4H3,(H,19,25)(H,20,27)(H,21,26)(H,23,24)(H,28,29). The molecule has 5 unspecified atom stereocenters. The molecule has 0 fully saturated rings. The number of hydrogen-bond donors (Lipinski definition) is 7. The van der Waals surface area contributed by atoms with Crippen LogP contribution in [0, 0.1) is 5.92 Å². The van der Waals surface area contributed by atoms with E-state index in [1.54, 1.807) is 13.8 Å². The van der Waals surface area contributed by atoms with Crippen molar-refractivity contribution in [1.29, 1.82) is 0 Å². The highest BCUT2D eigenvalue weighted by Crippen LogP contribution is 2.04. The molecule has 12 nitrogen and oxygen atoms in total. The Bertz CT molecular complexity index is 623. The lowest BCUT2D eigenvalue weighted by atomic mass is 10.0. The lowest BCUT2D eigenvalue weighted by Crippen LogP contribution is -2.60. The third-order valence-corrected chi connectivity index (χ3v) is 4.09. The summed E-state index contributed by atoms with van der Waals surface area (Å²) in [4.78, 5) is 58.6. The molecule has 0 aromatic carbocycles. The van der Waals surface area contributed by atoms with E-state index in [1.807, 2.05) is 0 Å². The number of nitrogens with one attached hydrogen (secondary N) is 3. The van der Waals surface area contributed by atoms with Crippen molar-refractivity contribution in [2.45, 2.75) is 70.8 Å². The van der Waals surface area contributed by atoms with Gasteiger partial charge in [-0.25, -0.2) is 0 Å². The molecule has 5 atom stereocenters. The minimum atomic E-state index is -1.45. The molecule has 0 heterocycles. The van der Waals surface area contributed by atoms with Crippen LogP contribution in [0.15, 0.2) is 0 Å². The molecule has 0 saturated carbocycles. The summed E-state index contributed by atoms with van der Waals surface area (Å²) in [5.41, 5.74) is 5.71. The Morgan fingerprint density at radius 2 is 1.41 bits per heavy atom. The third-order valence-electron chi connectivity index (χ3n) is 4.09. The summed E-state index contributed by atoms with van der Waals surface area (Å²) >= 11 is 0. The second-order valence-corrected chi connectivity index (χ2v) is 7.06. The number of aliphatic carboxylic acids is 2. The first-order chi connectivity index (χ1) is 13.3. The molecular weight excluding hydrogens is 388 g/mol. The van der Waals surface area contributed by atoms with Crippen LogP contribution in [0.2, 0.25) is 0 Å². The van der Waals surface area contributed by atoms with Gasteiger partial charge in [0.2, 0.25) is 17.7 Å². The van der Waals surface area contributed by atoms with E-state index in [0.717, 1.165) is 0 Å². The first kappa shape index (κ1) is 26.3. The van der Waals surface area contributed by atoms with E-state index in [0.29, 0.717) is 0 Å². The quantitative estimate of drug-likeness (QED) is 0.183. The maximum absolute atomic E-state index is 12.5. The van der Waals surface area contributed by atoms with Crippen molar-refractivity contribution in [3.63, 3.8) is 0 Å². The fourth-order valence-electron chi connectivity index (χ4n) is 2.13. The molecule has 29 heavy (non-hydrogen) atoms. The van der Waals surface area contributed by atoms with E-state index in [9.17, 15) is 29.1 Å². The maximum Gasteiger partial charge on any atom is 0.325 e. The molecule has 0 saturated heterocycles. The van der Waals surface area contributed by atoms with Crippen molar-refractivity contribution in [3.8, 4) is 0 Å². The van der Waals surface area contributed by atoms with Crippen molar-refractivity contribution in [3.05, 3.63) is 0 Å². The predicted octanol–water partition coefficient (Wildman–Crippen LogP) is -2.23. The molecule has 0 aliphatic carbocycles. The lowest BCUT2D eigenvalue weighted by molar-refractivity contribution is -0.142. The number of carboxylic acids is 2. The molecule has 0 rings (SSSR count). The van der Waals surface area contributed by atoms with Crippen LogP contribution in [0.25, 0.3) is 0 Å². The molecule has 0 radical (unpaired) electrons. The van der Waals surface area contributed by atoms with Gasteiger partial charge >= 0.3 is 11.9 Å². The topological polar surface area (TPSA) is 208 Å². The molecule has 3 amide bonds. The Morgan fingerprint density at radius 3 is 1.83 bits per heavy atom. The Kier molecular flexibility index (Phi) is 10.8. The Hall–Kier alpha value is -2.73. The van der Waals surface area contributed by atoms with E-state index < -0.39 is 66.4 Å². The Balaban J connectivity index is 5.34. The highest BCUT2D eigenvalue weighted by molar-refractivity contribution is 5.94.